The van der Waals surface area contributed by atoms with Crippen molar-refractivity contribution < 1.29 is 0 Å². The van der Waals surface area contributed by atoms with Gasteiger partial charge in [-0.3, -0.25) is 0 Å². The molecule has 0 spiro atoms. The molecular weight excluding hydrogens is 232 g/mol. The van der Waals surface area contributed by atoms with Crippen LogP contribution in [-0.4, -0.2) is 18.6 Å². The average molecular weight is 260 g/mol. The second kappa shape index (κ2) is 5.96. The maximum Gasteiger partial charge on any atom is 0.0552 e. The maximum absolute atomic E-state index is 6.26. The van der Waals surface area contributed by atoms with Gasteiger partial charge in [-0.15, -0.1) is 0 Å². The summed E-state index contributed by atoms with van der Waals surface area (Å²) in [7, 11) is 0. The Bertz CT molecular complexity index is 390. The molecule has 106 valence electrons. The van der Waals surface area contributed by atoms with Gasteiger partial charge in [-0.2, -0.15) is 0 Å². The van der Waals surface area contributed by atoms with Crippen LogP contribution in [-0.2, 0) is 0 Å². The van der Waals surface area contributed by atoms with Gasteiger partial charge in [0, 0.05) is 18.8 Å². The first kappa shape index (κ1) is 14.4. The monoisotopic (exact) mass is 260 g/mol. The van der Waals surface area contributed by atoms with Gasteiger partial charge >= 0.3 is 0 Å². The van der Waals surface area contributed by atoms with Crippen LogP contribution in [0.1, 0.15) is 40.0 Å². The van der Waals surface area contributed by atoms with Crippen LogP contribution in [0.4, 0.5) is 5.69 Å². The van der Waals surface area contributed by atoms with E-state index in [1.807, 2.05) is 0 Å². The minimum absolute atomic E-state index is 0.133. The zero-order chi connectivity index (χ0) is 13.9. The topological polar surface area (TPSA) is 29.3 Å². The van der Waals surface area contributed by atoms with Gasteiger partial charge in [0.2, 0.25) is 0 Å². The molecule has 0 saturated heterocycles. The Hall–Kier alpha value is -1.02. The van der Waals surface area contributed by atoms with Crippen LogP contribution < -0.4 is 10.6 Å². The average Bonchev–Trinajstić information content (AvgIpc) is 2.45. The highest BCUT2D eigenvalue weighted by Crippen LogP contribution is 2.42. The summed E-state index contributed by atoms with van der Waals surface area (Å²) in [5.41, 5.74) is 7.71. The molecule has 1 aromatic carbocycles. The third-order valence-electron chi connectivity index (χ3n) is 5.25. The van der Waals surface area contributed by atoms with Gasteiger partial charge in [-0.25, -0.2) is 0 Å². The minimum atomic E-state index is 0.133. The summed E-state index contributed by atoms with van der Waals surface area (Å²) < 4.78 is 0. The van der Waals surface area contributed by atoms with Crippen molar-refractivity contribution in [3.05, 3.63) is 30.3 Å². The van der Waals surface area contributed by atoms with E-state index in [1.54, 1.807) is 0 Å². The Balaban J connectivity index is 2.37. The number of nitrogens with two attached hydrogens (primary N) is 1. The van der Waals surface area contributed by atoms with Crippen LogP contribution in [0.25, 0.3) is 0 Å². The fraction of sp³-hybridized carbons (Fsp3) is 0.647. The lowest BCUT2D eigenvalue weighted by atomic mass is 9.67. The highest BCUT2D eigenvalue weighted by atomic mass is 15.2. The van der Waals surface area contributed by atoms with Crippen LogP contribution in [0, 0.1) is 11.8 Å². The van der Waals surface area contributed by atoms with Gasteiger partial charge in [0.05, 0.1) is 5.54 Å². The van der Waals surface area contributed by atoms with E-state index in [2.05, 4.69) is 56.0 Å². The normalized spacial score (nSPS) is 31.2. The zero-order valence-electron chi connectivity index (χ0n) is 12.6. The third-order valence-corrected chi connectivity index (χ3v) is 5.25. The van der Waals surface area contributed by atoms with E-state index >= 15 is 0 Å². The number of hydrogen-bond donors (Lipinski definition) is 1. The van der Waals surface area contributed by atoms with E-state index < -0.39 is 0 Å². The van der Waals surface area contributed by atoms with E-state index in [0.29, 0.717) is 5.92 Å². The van der Waals surface area contributed by atoms with Crippen LogP contribution in [0.2, 0.25) is 0 Å². The highest BCUT2D eigenvalue weighted by Gasteiger charge is 2.44. The minimum Gasteiger partial charge on any atom is -0.365 e. The first-order valence-corrected chi connectivity index (χ1v) is 7.68. The van der Waals surface area contributed by atoms with Gasteiger partial charge in [0.15, 0.2) is 0 Å². The SMILES string of the molecule is CCN(c1ccccc1)C1(CN)CCCC(C)C1C. The molecule has 1 aromatic rings. The molecule has 0 bridgehead atoms. The van der Waals surface area contributed by atoms with Crippen molar-refractivity contribution in [1.82, 2.24) is 0 Å². The van der Waals surface area contributed by atoms with Gasteiger partial charge < -0.3 is 10.6 Å². The summed E-state index contributed by atoms with van der Waals surface area (Å²) in [5.74, 6) is 1.40. The molecule has 0 amide bonds. The summed E-state index contributed by atoms with van der Waals surface area (Å²) in [5, 5.41) is 0. The van der Waals surface area contributed by atoms with Crippen molar-refractivity contribution in [1.29, 1.82) is 0 Å². The molecule has 0 heterocycles. The predicted molar refractivity (Wildman–Crippen MR) is 83.4 cm³/mol. The second-order valence-corrected chi connectivity index (χ2v) is 6.05. The van der Waals surface area contributed by atoms with E-state index in [9.17, 15) is 0 Å². The van der Waals surface area contributed by atoms with Crippen molar-refractivity contribution in [3.8, 4) is 0 Å². The standard InChI is InChI=1S/C17H28N2/c1-4-19(16-10-6-5-7-11-16)17(13-18)12-8-9-14(2)15(17)3/h5-7,10-11,14-15H,4,8-9,12-13,18H2,1-3H3. The van der Waals surface area contributed by atoms with E-state index in [4.69, 9.17) is 5.73 Å². The molecule has 1 saturated carbocycles. The Kier molecular flexibility index (Phi) is 4.51. The summed E-state index contributed by atoms with van der Waals surface area (Å²) in [6.45, 7) is 8.80. The summed E-state index contributed by atoms with van der Waals surface area (Å²) in [6.07, 6.45) is 3.86. The molecule has 2 nitrogen and oxygen atoms in total. The Morgan fingerprint density at radius 2 is 1.95 bits per heavy atom. The molecule has 1 aliphatic carbocycles. The number of para-hydroxylation sites is 1. The van der Waals surface area contributed by atoms with Crippen LogP contribution in [0.15, 0.2) is 30.3 Å². The molecule has 0 radical (unpaired) electrons. The zero-order valence-corrected chi connectivity index (χ0v) is 12.6. The van der Waals surface area contributed by atoms with Crippen LogP contribution in [0.5, 0.6) is 0 Å². The first-order chi connectivity index (χ1) is 9.15. The van der Waals surface area contributed by atoms with Gasteiger partial charge in [-0.1, -0.05) is 44.9 Å². The molecule has 0 aliphatic heterocycles. The number of benzene rings is 1. The van der Waals surface area contributed by atoms with Gasteiger partial charge in [-0.05, 0) is 37.3 Å². The third kappa shape index (κ3) is 2.51. The van der Waals surface area contributed by atoms with Crippen LogP contribution >= 0.6 is 0 Å². The number of anilines is 1. The fourth-order valence-electron chi connectivity index (χ4n) is 3.88. The predicted octanol–water partition coefficient (Wildman–Crippen LogP) is 3.67. The van der Waals surface area contributed by atoms with E-state index in [1.165, 1.54) is 24.9 Å². The lowest BCUT2D eigenvalue weighted by Crippen LogP contribution is -2.61. The molecule has 0 aromatic heterocycles. The van der Waals surface area contributed by atoms with Crippen molar-refractivity contribution >= 4 is 5.69 Å². The highest BCUT2D eigenvalue weighted by molar-refractivity contribution is 5.49. The van der Waals surface area contributed by atoms with Crippen LogP contribution in [0.3, 0.4) is 0 Å². The first-order valence-electron chi connectivity index (χ1n) is 7.68. The molecule has 3 atom stereocenters. The molecule has 2 N–H and O–H groups in total. The van der Waals surface area contributed by atoms with E-state index in [0.717, 1.165) is 19.0 Å². The quantitative estimate of drug-likeness (QED) is 0.895. The fourth-order valence-corrected chi connectivity index (χ4v) is 3.88. The summed E-state index contributed by atoms with van der Waals surface area (Å²) in [6, 6.07) is 10.8. The Morgan fingerprint density at radius 1 is 1.26 bits per heavy atom. The smallest absolute Gasteiger partial charge is 0.0552 e. The molecule has 2 rings (SSSR count). The number of rotatable bonds is 4. The van der Waals surface area contributed by atoms with Crippen molar-refractivity contribution in [2.24, 2.45) is 17.6 Å². The molecular formula is C17H28N2. The van der Waals surface area contributed by atoms with Crippen molar-refractivity contribution in [3.63, 3.8) is 0 Å². The molecule has 1 fully saturated rings. The summed E-state index contributed by atoms with van der Waals surface area (Å²) >= 11 is 0. The lowest BCUT2D eigenvalue weighted by molar-refractivity contribution is 0.140. The number of hydrogen-bond acceptors (Lipinski definition) is 2. The second-order valence-electron chi connectivity index (χ2n) is 6.05. The Labute approximate surface area is 118 Å². The molecule has 2 heteroatoms. The number of nitrogens with zero attached hydrogens (tertiary/aromatic N) is 1. The lowest BCUT2D eigenvalue weighted by Gasteiger charge is -2.53. The van der Waals surface area contributed by atoms with Gasteiger partial charge in [0.1, 0.15) is 0 Å². The van der Waals surface area contributed by atoms with Crippen molar-refractivity contribution in [2.45, 2.75) is 45.6 Å². The van der Waals surface area contributed by atoms with Gasteiger partial charge in [0.25, 0.3) is 0 Å². The largest absolute Gasteiger partial charge is 0.365 e. The molecule has 3 unspecified atom stereocenters. The molecule has 19 heavy (non-hydrogen) atoms. The molecule has 1 aliphatic rings. The number of likely N-dealkylation sites (N-methyl/N-ethyl adjacent to an activating group) is 1. The van der Waals surface area contributed by atoms with Crippen molar-refractivity contribution in [2.75, 3.05) is 18.0 Å². The Morgan fingerprint density at radius 3 is 2.53 bits per heavy atom. The summed E-state index contributed by atoms with van der Waals surface area (Å²) in [4.78, 5) is 2.55. The van der Waals surface area contributed by atoms with E-state index in [-0.39, 0.29) is 5.54 Å². The maximum atomic E-state index is 6.26.